The van der Waals surface area contributed by atoms with Crippen molar-refractivity contribution in [2.45, 2.75) is 195 Å². The van der Waals surface area contributed by atoms with Gasteiger partial charge in [-0.15, -0.1) is 0 Å². The highest BCUT2D eigenvalue weighted by Gasteiger charge is 2.65. The molecule has 12 fully saturated rings. The molecular formula is C81H94O48. The molecule has 48 nitrogen and oxygen atoms in total. The summed E-state index contributed by atoms with van der Waals surface area (Å²) < 4.78 is 98.7. The fourth-order valence-electron chi connectivity index (χ4n) is 15.4. The van der Waals surface area contributed by atoms with Crippen molar-refractivity contribution in [3.8, 4) is 0 Å². The second-order valence-corrected chi connectivity index (χ2v) is 30.6. The Hall–Kier alpha value is -13.4. The molecule has 0 spiro atoms. The van der Waals surface area contributed by atoms with Gasteiger partial charge < -0.3 is 125 Å². The van der Waals surface area contributed by atoms with Crippen LogP contribution in [0.1, 0.15) is 124 Å². The average Bonchev–Trinajstić information content (AvgIpc) is 1.62. The normalized spacial score (nSPS) is 29.9. The van der Waals surface area contributed by atoms with Gasteiger partial charge in [0, 0.05) is 86.3 Å². The molecule has 6 saturated carbocycles. The van der Waals surface area contributed by atoms with E-state index in [1.54, 1.807) is 0 Å². The minimum atomic E-state index is -1.84. The lowest BCUT2D eigenvalue weighted by Gasteiger charge is -2.38. The third-order valence-electron chi connectivity index (χ3n) is 21.7. The lowest BCUT2D eigenvalue weighted by Crippen LogP contribution is -2.53. The highest BCUT2D eigenvalue weighted by molar-refractivity contribution is 5.93. The summed E-state index contributed by atoms with van der Waals surface area (Å²) in [6.45, 7) is 18.7. The van der Waals surface area contributed by atoms with E-state index in [1.165, 1.54) is 20.8 Å². The van der Waals surface area contributed by atoms with Crippen LogP contribution in [0.15, 0.2) is 74.4 Å². The first-order chi connectivity index (χ1) is 60.7. The highest BCUT2D eigenvalue weighted by Crippen LogP contribution is 2.49. The average molecular weight is 1840 g/mol. The quantitative estimate of drug-likeness (QED) is 0.0212. The van der Waals surface area contributed by atoms with Gasteiger partial charge in [-0.2, -0.15) is 0 Å². The summed E-state index contributed by atoms with van der Waals surface area (Å²) in [5.74, 6) is -25.2. The molecule has 0 aromatic carbocycles. The van der Waals surface area contributed by atoms with Crippen molar-refractivity contribution in [2.75, 3.05) is 53.2 Å². The van der Waals surface area contributed by atoms with Crippen LogP contribution in [0, 0.1) is 47.3 Å². The summed E-state index contributed by atoms with van der Waals surface area (Å²) in [5, 5.41) is 55.0. The molecule has 706 valence electrons. The Morgan fingerprint density at radius 3 is 0.977 bits per heavy atom. The Balaban J connectivity index is 0.000000212. The van der Waals surface area contributed by atoms with E-state index in [4.69, 9.17) is 81.3 Å². The lowest BCUT2D eigenvalue weighted by atomic mass is 9.78. The first-order valence-electron chi connectivity index (χ1n) is 39.5. The predicted octanol–water partition coefficient (Wildman–Crippen LogP) is -0.593. The summed E-state index contributed by atoms with van der Waals surface area (Å²) in [6, 6.07) is 0. The number of rotatable bonds is 32. The first kappa shape index (κ1) is 103. The second-order valence-electron chi connectivity index (χ2n) is 30.6. The SMILES string of the molecule is C=C(C)C(=O)OCC(=O)OC1(OCO)CCC2CC1OC2=O.C=C(C)C(=O)OCC(=O)OC1C2CC(CC1C(=O)O)C(=O)O2.C=C(C)C(=O)OCC(=O)OC1CCC2CC1(C(=O)O)OC2=O.C=CC(=O)OCC(=O)OC1(OCO)CCC2CC1OC2=O.C=CC(=O)OCC(=O)OC1C2CC(CC1C(=O)O)C(=O)O2.C=CC(=O)OCC(=O)OC1CCC2CC1(C(=O)O)OC2=O. The van der Waals surface area contributed by atoms with Gasteiger partial charge in [0.25, 0.3) is 11.6 Å². The third-order valence-corrected chi connectivity index (χ3v) is 21.7. The van der Waals surface area contributed by atoms with Gasteiger partial charge in [0.15, 0.2) is 76.3 Å². The van der Waals surface area contributed by atoms with Crippen molar-refractivity contribution < 1.29 is 231 Å². The smallest absolute Gasteiger partial charge is 0.352 e. The van der Waals surface area contributed by atoms with Crippen molar-refractivity contribution in [2.24, 2.45) is 47.3 Å². The maximum atomic E-state index is 11.8. The number of aliphatic hydroxyl groups excluding tert-OH is 2. The van der Waals surface area contributed by atoms with Crippen molar-refractivity contribution in [3.05, 3.63) is 74.4 Å². The molecule has 20 atom stereocenters. The standard InChI is InChI=1S/C14H16O8.C14H18O8.C14H16O8.C13H14O8.C13H16O8.C13H14O8/c1-6(2)13(18)20-5-10(15)22-11-8(12(16)17)3-7-4-9(11)21-14(7)19;1-8(2)12(17)19-6-11(16)22-14(20-7-15)4-3-9-5-10(14)21-13(9)18;1-7(2)11(16)20-6-10(15)21-9-4-3-8-5-14(9,13(18)19)22-12(8)17;1-2-9(14)19-5-10(15)21-11-7(12(16)17)3-6-4-8(11)20-13(6)18;1-2-10(15)18-6-11(16)21-13(19-7-14)4-3-8-5-9(13)20-12(8)17;1-2-9(14)19-6-10(15)20-8-4-3-7-5-13(8,12(17)18)21-11(7)16/h7-9,11H,1,3-5H2,2H3,(H,16,17);9-10,15H,1,3-7H2,2H3;8-9H,1,3-6H2,2H3,(H,18,19);2,6-8,11H,1,3-5H2,(H,16,17);2,8-9,14H,1,3-7H2;2,7-8H,1,3-6H2,(H,17,18). The molecule has 0 aromatic rings. The summed E-state index contributed by atoms with van der Waals surface area (Å²) in [5.41, 5.74) is -3.27. The molecule has 6 aliphatic heterocycles. The summed E-state index contributed by atoms with van der Waals surface area (Å²) >= 11 is 0. The molecule has 6 saturated heterocycles. The number of aliphatic hydroxyl groups is 2. The van der Waals surface area contributed by atoms with Gasteiger partial charge in [-0.25, -0.2) is 67.1 Å². The zero-order chi connectivity index (χ0) is 95.9. The van der Waals surface area contributed by atoms with E-state index < -0.39 is 280 Å². The minimum absolute atomic E-state index is 0.0223. The van der Waals surface area contributed by atoms with Crippen LogP contribution in [0.2, 0.25) is 0 Å². The van der Waals surface area contributed by atoms with Crippen molar-refractivity contribution in [1.82, 2.24) is 0 Å². The van der Waals surface area contributed by atoms with E-state index in [0.29, 0.717) is 51.4 Å². The van der Waals surface area contributed by atoms with E-state index in [-0.39, 0.29) is 91.9 Å². The van der Waals surface area contributed by atoms with E-state index in [9.17, 15) is 126 Å². The van der Waals surface area contributed by atoms with Gasteiger partial charge in [-0.05, 0) is 72.1 Å². The number of esters is 18. The maximum absolute atomic E-state index is 11.8. The summed E-state index contributed by atoms with van der Waals surface area (Å²) in [6.07, 6.45) is -0.811. The number of carbonyl (C=O) groups is 22. The van der Waals surface area contributed by atoms with E-state index in [1.807, 2.05) is 0 Å². The molecule has 48 heteroatoms. The van der Waals surface area contributed by atoms with Crippen LogP contribution < -0.4 is 0 Å². The van der Waals surface area contributed by atoms with Crippen LogP contribution in [0.4, 0.5) is 0 Å². The van der Waals surface area contributed by atoms with Crippen LogP contribution in [0.3, 0.4) is 0 Å². The Labute approximate surface area is 729 Å². The van der Waals surface area contributed by atoms with Crippen LogP contribution in [-0.4, -0.2) is 287 Å². The Morgan fingerprint density at radius 2 is 0.674 bits per heavy atom. The number of carboxylic acid groups (broad SMARTS) is 4. The topological polar surface area (TPSA) is 682 Å². The fraction of sp³-hybridized carbons (Fsp3) is 0.580. The summed E-state index contributed by atoms with van der Waals surface area (Å²) in [4.78, 5) is 251. The molecule has 12 aliphatic rings. The maximum Gasteiger partial charge on any atom is 0.352 e. The van der Waals surface area contributed by atoms with Crippen LogP contribution in [-0.2, 0) is 200 Å². The predicted molar refractivity (Wildman–Crippen MR) is 404 cm³/mol. The third kappa shape index (κ3) is 26.4. The van der Waals surface area contributed by atoms with E-state index in [0.717, 1.165) is 18.2 Å². The van der Waals surface area contributed by atoms with E-state index >= 15 is 0 Å². The molecule has 0 amide bonds. The van der Waals surface area contributed by atoms with Gasteiger partial charge in [0.2, 0.25) is 11.2 Å². The Bertz CT molecular complexity index is 4400. The van der Waals surface area contributed by atoms with Crippen LogP contribution in [0.25, 0.3) is 0 Å². The molecule has 129 heavy (non-hydrogen) atoms. The number of hydrogen-bond donors (Lipinski definition) is 6. The Morgan fingerprint density at radius 1 is 0.372 bits per heavy atom. The monoisotopic (exact) mass is 1830 g/mol. The molecule has 6 N–H and O–H groups in total. The highest BCUT2D eigenvalue weighted by atomic mass is 16.8. The molecule has 0 aromatic heterocycles. The van der Waals surface area contributed by atoms with Gasteiger partial charge in [-0.1, -0.05) is 39.5 Å². The van der Waals surface area contributed by atoms with Crippen LogP contribution >= 0.6 is 0 Å². The number of ether oxygens (including phenoxy) is 20. The molecular weight excluding hydrogens is 1740 g/mol. The molecule has 20 unspecified atom stereocenters. The molecule has 12 rings (SSSR count). The number of aliphatic carboxylic acids is 4. The van der Waals surface area contributed by atoms with Gasteiger partial charge in [0.1, 0.15) is 25.8 Å². The van der Waals surface area contributed by atoms with Gasteiger partial charge in [0.05, 0.1) is 47.3 Å². The Kier molecular flexibility index (Phi) is 36.1. The molecule has 12 bridgehead atoms. The first-order valence-corrected chi connectivity index (χ1v) is 39.5. The number of hydrogen-bond acceptors (Lipinski definition) is 44. The zero-order valence-corrected chi connectivity index (χ0v) is 69.5. The molecule has 0 radical (unpaired) electrons. The van der Waals surface area contributed by atoms with Crippen molar-refractivity contribution >= 4 is 131 Å². The summed E-state index contributed by atoms with van der Waals surface area (Å²) in [7, 11) is 0. The van der Waals surface area contributed by atoms with Crippen molar-refractivity contribution in [3.63, 3.8) is 0 Å². The fourth-order valence-corrected chi connectivity index (χ4v) is 15.4. The largest absolute Gasteiger partial charge is 0.481 e. The lowest BCUT2D eigenvalue weighted by molar-refractivity contribution is -0.296. The molecule has 6 heterocycles. The van der Waals surface area contributed by atoms with Crippen molar-refractivity contribution in [1.29, 1.82) is 0 Å². The number of carbonyl (C=O) groups excluding carboxylic acids is 18. The second kappa shape index (κ2) is 45.4. The van der Waals surface area contributed by atoms with Gasteiger partial charge in [-0.3, -0.25) is 38.4 Å². The molecule has 6 aliphatic carbocycles. The van der Waals surface area contributed by atoms with Crippen LogP contribution in [0.5, 0.6) is 0 Å². The zero-order valence-electron chi connectivity index (χ0n) is 69.5. The number of carboxylic acids is 4. The van der Waals surface area contributed by atoms with Gasteiger partial charge >= 0.3 is 131 Å². The number of fused-ring (bicyclic) bond motifs is 12. The van der Waals surface area contributed by atoms with E-state index in [2.05, 4.69) is 63.2 Å². The minimum Gasteiger partial charge on any atom is -0.481 e.